The highest BCUT2D eigenvalue weighted by atomic mass is 16.3. The molecule has 4 aromatic rings. The number of hydrogen-bond acceptors (Lipinski definition) is 7. The smallest absolute Gasteiger partial charge is 0.179 e. The second-order valence-corrected chi connectivity index (χ2v) is 6.53. The third-order valence-corrected chi connectivity index (χ3v) is 4.30. The molecule has 0 saturated heterocycles. The van der Waals surface area contributed by atoms with E-state index in [1.54, 1.807) is 20.2 Å². The van der Waals surface area contributed by atoms with Gasteiger partial charge in [0.05, 0.1) is 12.6 Å². The van der Waals surface area contributed by atoms with Gasteiger partial charge in [-0.15, -0.1) is 0 Å². The molecule has 4 rings (SSSR count). The second kappa shape index (κ2) is 6.88. The fraction of sp³-hybridized carbons (Fsp3) is 0.412. The highest BCUT2D eigenvalue weighted by molar-refractivity contribution is 5.58. The molecule has 0 aliphatic carbocycles. The fourth-order valence-electron chi connectivity index (χ4n) is 2.96. The third kappa shape index (κ3) is 3.43. The van der Waals surface area contributed by atoms with Gasteiger partial charge in [0.25, 0.3) is 0 Å². The molecule has 0 aliphatic rings. The molecule has 0 radical (unpaired) electrons. The van der Waals surface area contributed by atoms with Crippen LogP contribution in [0.2, 0.25) is 0 Å². The first-order chi connectivity index (χ1) is 13.0. The van der Waals surface area contributed by atoms with Crippen molar-refractivity contribution in [2.24, 2.45) is 0 Å². The maximum Gasteiger partial charge on any atom is 0.179 e. The van der Waals surface area contributed by atoms with Gasteiger partial charge in [-0.3, -0.25) is 0 Å². The van der Waals surface area contributed by atoms with E-state index >= 15 is 0 Å². The van der Waals surface area contributed by atoms with Crippen molar-refractivity contribution >= 4 is 5.65 Å². The van der Waals surface area contributed by atoms with Crippen LogP contribution >= 0.6 is 0 Å². The minimum absolute atomic E-state index is 0.343. The summed E-state index contributed by atoms with van der Waals surface area (Å²) in [6.45, 7) is 6.61. The van der Waals surface area contributed by atoms with Gasteiger partial charge in [0, 0.05) is 17.5 Å². The third-order valence-electron chi connectivity index (χ3n) is 4.30. The van der Waals surface area contributed by atoms with Gasteiger partial charge in [-0.2, -0.15) is 15.3 Å². The van der Waals surface area contributed by atoms with Crippen LogP contribution < -0.4 is 0 Å². The molecule has 140 valence electrons. The topological polar surface area (TPSA) is 112 Å². The van der Waals surface area contributed by atoms with Crippen LogP contribution in [-0.2, 0) is 13.1 Å². The first kappa shape index (κ1) is 17.3. The quantitative estimate of drug-likeness (QED) is 0.541. The standard InChI is InChI=1S/C17H21N9O/c1-4-13(27)7-25-17(21-15(23-25)8-24-10-18-9-19-24)14-6-16-20-11(2)5-12(3)26(16)22-14/h5-6,9-10,13,27H,4,7-8H2,1-3H3. The molecule has 0 bridgehead atoms. The van der Waals surface area contributed by atoms with E-state index < -0.39 is 6.10 Å². The van der Waals surface area contributed by atoms with Crippen molar-refractivity contribution in [3.05, 3.63) is 42.0 Å². The van der Waals surface area contributed by atoms with Crippen molar-refractivity contribution in [2.75, 3.05) is 0 Å². The van der Waals surface area contributed by atoms with Crippen molar-refractivity contribution < 1.29 is 5.11 Å². The van der Waals surface area contributed by atoms with Crippen LogP contribution in [0.25, 0.3) is 17.2 Å². The summed E-state index contributed by atoms with van der Waals surface area (Å²) >= 11 is 0. The Kier molecular flexibility index (Phi) is 4.40. The summed E-state index contributed by atoms with van der Waals surface area (Å²) in [6.07, 6.45) is 3.20. The molecule has 0 spiro atoms. The summed E-state index contributed by atoms with van der Waals surface area (Å²) in [5.74, 6) is 1.18. The van der Waals surface area contributed by atoms with Crippen LogP contribution in [0.5, 0.6) is 0 Å². The first-order valence-electron chi connectivity index (χ1n) is 8.82. The minimum Gasteiger partial charge on any atom is -0.391 e. The summed E-state index contributed by atoms with van der Waals surface area (Å²) in [5, 5.41) is 23.4. The molecule has 1 N–H and O–H groups in total. The van der Waals surface area contributed by atoms with Crippen LogP contribution in [0.4, 0.5) is 0 Å². The summed E-state index contributed by atoms with van der Waals surface area (Å²) < 4.78 is 5.14. The lowest BCUT2D eigenvalue weighted by molar-refractivity contribution is 0.145. The van der Waals surface area contributed by atoms with E-state index in [2.05, 4.69) is 30.2 Å². The molecule has 27 heavy (non-hydrogen) atoms. The van der Waals surface area contributed by atoms with Crippen molar-refractivity contribution in [1.82, 2.24) is 44.1 Å². The molecule has 0 aliphatic heterocycles. The van der Waals surface area contributed by atoms with Crippen LogP contribution in [0, 0.1) is 13.8 Å². The van der Waals surface area contributed by atoms with Gasteiger partial charge in [-0.25, -0.2) is 28.8 Å². The zero-order chi connectivity index (χ0) is 19.0. The number of rotatable bonds is 6. The number of aryl methyl sites for hydroxylation is 2. The Labute approximate surface area is 155 Å². The summed E-state index contributed by atoms with van der Waals surface area (Å²) in [6, 6.07) is 3.86. The van der Waals surface area contributed by atoms with Gasteiger partial charge in [-0.1, -0.05) is 6.92 Å². The normalized spacial score (nSPS) is 12.7. The van der Waals surface area contributed by atoms with Crippen molar-refractivity contribution in [2.45, 2.75) is 46.4 Å². The summed E-state index contributed by atoms with van der Waals surface area (Å²) in [5.41, 5.74) is 3.34. The molecule has 4 heterocycles. The maximum absolute atomic E-state index is 10.1. The Morgan fingerprint density at radius 3 is 2.74 bits per heavy atom. The maximum atomic E-state index is 10.1. The van der Waals surface area contributed by atoms with Crippen molar-refractivity contribution in [3.63, 3.8) is 0 Å². The van der Waals surface area contributed by atoms with Crippen LogP contribution in [0.15, 0.2) is 24.8 Å². The number of fused-ring (bicyclic) bond motifs is 1. The molecule has 0 aromatic carbocycles. The number of aliphatic hydroxyl groups excluding tert-OH is 1. The highest BCUT2D eigenvalue weighted by Gasteiger charge is 2.18. The molecule has 1 unspecified atom stereocenters. The number of aromatic nitrogens is 9. The Bertz CT molecular complexity index is 1060. The van der Waals surface area contributed by atoms with Crippen molar-refractivity contribution in [3.8, 4) is 11.5 Å². The highest BCUT2D eigenvalue weighted by Crippen LogP contribution is 2.20. The fourth-order valence-corrected chi connectivity index (χ4v) is 2.96. The SMILES string of the molecule is CCC(O)Cn1nc(Cn2cncn2)nc1-c1cc2nc(C)cc(C)n2n1. The molecular formula is C17H21N9O. The monoisotopic (exact) mass is 367 g/mol. The summed E-state index contributed by atoms with van der Waals surface area (Å²) in [4.78, 5) is 13.1. The number of hydrogen-bond donors (Lipinski definition) is 1. The van der Waals surface area contributed by atoms with E-state index in [-0.39, 0.29) is 0 Å². The van der Waals surface area contributed by atoms with E-state index in [0.717, 1.165) is 17.0 Å². The largest absolute Gasteiger partial charge is 0.391 e. The van der Waals surface area contributed by atoms with E-state index in [9.17, 15) is 5.11 Å². The number of nitrogens with zero attached hydrogens (tertiary/aromatic N) is 9. The van der Waals surface area contributed by atoms with Gasteiger partial charge in [0.1, 0.15) is 24.9 Å². The Morgan fingerprint density at radius 1 is 1.15 bits per heavy atom. The first-order valence-corrected chi connectivity index (χ1v) is 8.82. The van der Waals surface area contributed by atoms with E-state index in [1.807, 2.05) is 32.9 Å². The molecular weight excluding hydrogens is 346 g/mol. The van der Waals surface area contributed by atoms with Gasteiger partial charge in [0.2, 0.25) is 0 Å². The number of aliphatic hydroxyl groups is 1. The molecule has 10 heteroatoms. The molecule has 4 aromatic heterocycles. The Morgan fingerprint density at radius 2 is 2.00 bits per heavy atom. The lowest BCUT2D eigenvalue weighted by atomic mass is 10.3. The lowest BCUT2D eigenvalue weighted by Gasteiger charge is -2.08. The van der Waals surface area contributed by atoms with Crippen LogP contribution in [0.3, 0.4) is 0 Å². The second-order valence-electron chi connectivity index (χ2n) is 6.53. The molecule has 0 saturated carbocycles. The van der Waals surface area contributed by atoms with Crippen LogP contribution in [0.1, 0.15) is 30.6 Å². The average molecular weight is 367 g/mol. The van der Waals surface area contributed by atoms with Gasteiger partial charge in [0.15, 0.2) is 17.3 Å². The lowest BCUT2D eigenvalue weighted by Crippen LogP contribution is -2.17. The van der Waals surface area contributed by atoms with Gasteiger partial charge in [-0.05, 0) is 26.3 Å². The predicted molar refractivity (Wildman–Crippen MR) is 96.9 cm³/mol. The summed E-state index contributed by atoms with van der Waals surface area (Å²) in [7, 11) is 0. The molecule has 0 fully saturated rings. The predicted octanol–water partition coefficient (Wildman–Crippen LogP) is 1.02. The zero-order valence-electron chi connectivity index (χ0n) is 15.5. The molecule has 10 nitrogen and oxygen atoms in total. The van der Waals surface area contributed by atoms with E-state index in [4.69, 9.17) is 0 Å². The van der Waals surface area contributed by atoms with E-state index in [1.165, 1.54) is 6.33 Å². The molecule has 1 atom stereocenters. The van der Waals surface area contributed by atoms with Gasteiger partial charge >= 0.3 is 0 Å². The van der Waals surface area contributed by atoms with Gasteiger partial charge < -0.3 is 5.11 Å². The molecule has 0 amide bonds. The van der Waals surface area contributed by atoms with Crippen LogP contribution in [-0.4, -0.2) is 55.3 Å². The minimum atomic E-state index is -0.510. The van der Waals surface area contributed by atoms with Crippen molar-refractivity contribution in [1.29, 1.82) is 0 Å². The average Bonchev–Trinajstić information content (AvgIpc) is 3.35. The Balaban J connectivity index is 1.77. The Hall–Kier alpha value is -3.14. The zero-order valence-corrected chi connectivity index (χ0v) is 15.5. The van der Waals surface area contributed by atoms with E-state index in [0.29, 0.717) is 36.9 Å².